The Morgan fingerprint density at radius 2 is 1.39 bits per heavy atom. The first kappa shape index (κ1) is 18.7. The molecule has 0 heterocycles. The fourth-order valence-corrected chi connectivity index (χ4v) is 5.17. The van der Waals surface area contributed by atoms with Crippen molar-refractivity contribution >= 4 is 5.78 Å². The van der Waals surface area contributed by atoms with Crippen molar-refractivity contribution in [3.63, 3.8) is 0 Å². The van der Waals surface area contributed by atoms with Crippen LogP contribution in [0.15, 0.2) is 72.8 Å². The highest BCUT2D eigenvalue weighted by molar-refractivity contribution is 6.02. The molecule has 4 rings (SSSR count). The van der Waals surface area contributed by atoms with Gasteiger partial charge >= 0.3 is 0 Å². The first-order valence-corrected chi connectivity index (χ1v) is 10.5. The lowest BCUT2D eigenvalue weighted by Gasteiger charge is -2.33. The van der Waals surface area contributed by atoms with Gasteiger partial charge in [-0.05, 0) is 40.7 Å². The molecule has 0 amide bonds. The number of fused-ring (bicyclic) bond motifs is 3. The summed E-state index contributed by atoms with van der Waals surface area (Å²) in [6.07, 6.45) is 4.84. The normalized spacial score (nSPS) is 13.8. The molecule has 1 aliphatic carbocycles. The van der Waals surface area contributed by atoms with Crippen molar-refractivity contribution < 1.29 is 4.79 Å². The Bertz CT molecular complexity index is 978. The lowest BCUT2D eigenvalue weighted by atomic mass is 9.69. The van der Waals surface area contributed by atoms with Gasteiger partial charge in [-0.3, -0.25) is 4.79 Å². The maximum absolute atomic E-state index is 13.4. The van der Waals surface area contributed by atoms with Gasteiger partial charge in [-0.25, -0.2) is 0 Å². The van der Waals surface area contributed by atoms with Gasteiger partial charge in [-0.2, -0.15) is 0 Å². The number of carbonyl (C=O) groups excluding carboxylic acids is 1. The monoisotopic (exact) mass is 368 g/mol. The summed E-state index contributed by atoms with van der Waals surface area (Å²) >= 11 is 0. The van der Waals surface area contributed by atoms with Gasteiger partial charge in [-0.1, -0.05) is 99.5 Å². The fourth-order valence-electron chi connectivity index (χ4n) is 5.17. The largest absolute Gasteiger partial charge is 0.294 e. The molecule has 3 aromatic carbocycles. The molecule has 28 heavy (non-hydrogen) atoms. The lowest BCUT2D eigenvalue weighted by Crippen LogP contribution is -2.27. The minimum Gasteiger partial charge on any atom is -0.294 e. The third-order valence-electron chi connectivity index (χ3n) is 6.14. The zero-order valence-electron chi connectivity index (χ0n) is 16.9. The number of hydrogen-bond acceptors (Lipinski definition) is 1. The second kappa shape index (κ2) is 7.75. The summed E-state index contributed by atoms with van der Waals surface area (Å²) in [7, 11) is 0. The van der Waals surface area contributed by atoms with E-state index in [0.29, 0.717) is 6.42 Å². The van der Waals surface area contributed by atoms with Gasteiger partial charge in [-0.15, -0.1) is 0 Å². The summed E-state index contributed by atoms with van der Waals surface area (Å²) in [4.78, 5) is 13.4. The fraction of sp³-hybridized carbons (Fsp3) is 0.296. The van der Waals surface area contributed by atoms with Crippen LogP contribution in [0.2, 0.25) is 0 Å². The maximum Gasteiger partial charge on any atom is 0.167 e. The van der Waals surface area contributed by atoms with Crippen LogP contribution >= 0.6 is 0 Å². The summed E-state index contributed by atoms with van der Waals surface area (Å²) in [6, 6.07) is 25.2. The van der Waals surface area contributed by atoms with E-state index < -0.39 is 0 Å². The van der Waals surface area contributed by atoms with E-state index in [-0.39, 0.29) is 11.2 Å². The molecule has 0 saturated heterocycles. The molecule has 0 bridgehead atoms. The number of hydrogen-bond donors (Lipinski definition) is 0. The van der Waals surface area contributed by atoms with E-state index >= 15 is 0 Å². The average molecular weight is 369 g/mol. The third kappa shape index (κ3) is 2.99. The van der Waals surface area contributed by atoms with Gasteiger partial charge in [0.15, 0.2) is 5.78 Å². The Kier molecular flexibility index (Phi) is 5.17. The second-order valence-electron chi connectivity index (χ2n) is 7.94. The summed E-state index contributed by atoms with van der Waals surface area (Å²) in [5.41, 5.74) is 7.22. The van der Waals surface area contributed by atoms with E-state index in [0.717, 1.165) is 36.8 Å². The Balaban J connectivity index is 1.88. The van der Waals surface area contributed by atoms with Gasteiger partial charge in [0, 0.05) is 17.4 Å². The van der Waals surface area contributed by atoms with Crippen LogP contribution in [0.25, 0.3) is 11.1 Å². The summed E-state index contributed by atoms with van der Waals surface area (Å²) in [5, 5.41) is 0. The molecule has 142 valence electrons. The van der Waals surface area contributed by atoms with Crippen LogP contribution in [0.1, 0.15) is 66.6 Å². The van der Waals surface area contributed by atoms with E-state index in [2.05, 4.69) is 56.3 Å². The molecule has 1 nitrogen and oxygen atoms in total. The van der Waals surface area contributed by atoms with Crippen LogP contribution in [0.4, 0.5) is 0 Å². The standard InChI is InChI=1S/C27H28O/c1-3-17-27(18-4-2)24-16-9-8-13-21(24)22-14-10-15-23(26(22)27)25(28)19-20-11-6-5-7-12-20/h5-16H,3-4,17-19H2,1-2H3. The molecule has 0 radical (unpaired) electrons. The molecule has 0 N–H and O–H groups in total. The predicted octanol–water partition coefficient (Wildman–Crippen LogP) is 6.98. The number of carbonyl (C=O) groups is 1. The van der Waals surface area contributed by atoms with Crippen LogP contribution < -0.4 is 0 Å². The maximum atomic E-state index is 13.4. The van der Waals surface area contributed by atoms with Gasteiger partial charge in [0.1, 0.15) is 0 Å². The Morgan fingerprint density at radius 3 is 2.11 bits per heavy atom. The second-order valence-corrected chi connectivity index (χ2v) is 7.94. The number of benzene rings is 3. The first-order chi connectivity index (χ1) is 13.7. The topological polar surface area (TPSA) is 17.1 Å². The zero-order chi connectivity index (χ0) is 19.6. The van der Waals surface area contributed by atoms with Crippen LogP contribution in [0, 0.1) is 0 Å². The van der Waals surface area contributed by atoms with Gasteiger partial charge < -0.3 is 0 Å². The molecule has 0 saturated carbocycles. The molecule has 0 atom stereocenters. The van der Waals surface area contributed by atoms with Crippen LogP contribution in [-0.2, 0) is 11.8 Å². The van der Waals surface area contributed by atoms with Crippen LogP contribution in [-0.4, -0.2) is 5.78 Å². The molecule has 0 fully saturated rings. The molecule has 0 aliphatic heterocycles. The van der Waals surface area contributed by atoms with Crippen LogP contribution in [0.3, 0.4) is 0 Å². The van der Waals surface area contributed by atoms with Crippen molar-refractivity contribution in [3.8, 4) is 11.1 Å². The quantitative estimate of drug-likeness (QED) is 0.411. The van der Waals surface area contributed by atoms with Crippen molar-refractivity contribution in [2.45, 2.75) is 51.4 Å². The highest BCUT2D eigenvalue weighted by Crippen LogP contribution is 2.54. The minimum atomic E-state index is -0.0433. The number of ketones is 1. The van der Waals surface area contributed by atoms with Crippen molar-refractivity contribution in [3.05, 3.63) is 95.1 Å². The van der Waals surface area contributed by atoms with E-state index in [4.69, 9.17) is 0 Å². The van der Waals surface area contributed by atoms with Crippen molar-refractivity contribution in [1.29, 1.82) is 0 Å². The minimum absolute atomic E-state index is 0.0433. The van der Waals surface area contributed by atoms with Crippen LogP contribution in [0.5, 0.6) is 0 Å². The Morgan fingerprint density at radius 1 is 0.750 bits per heavy atom. The summed E-state index contributed by atoms with van der Waals surface area (Å²) in [6.45, 7) is 4.51. The Labute approximate surface area is 168 Å². The Hall–Kier alpha value is -2.67. The lowest BCUT2D eigenvalue weighted by molar-refractivity contribution is 0.0990. The summed E-state index contributed by atoms with van der Waals surface area (Å²) in [5.74, 6) is 0.229. The van der Waals surface area contributed by atoms with Gasteiger partial charge in [0.25, 0.3) is 0 Å². The molecule has 3 aromatic rings. The number of rotatable bonds is 7. The van der Waals surface area contributed by atoms with Crippen molar-refractivity contribution in [2.24, 2.45) is 0 Å². The van der Waals surface area contributed by atoms with Crippen molar-refractivity contribution in [2.75, 3.05) is 0 Å². The molecule has 0 unspecified atom stereocenters. The SMILES string of the molecule is CCCC1(CCC)c2ccccc2-c2cccc(C(=O)Cc3ccccc3)c21. The summed E-state index contributed by atoms with van der Waals surface area (Å²) < 4.78 is 0. The molecular weight excluding hydrogens is 340 g/mol. The number of Topliss-reactive ketones (excluding diaryl/α,β-unsaturated/α-hetero) is 1. The third-order valence-corrected chi connectivity index (χ3v) is 6.14. The van der Waals surface area contributed by atoms with E-state index in [1.165, 1.54) is 22.3 Å². The van der Waals surface area contributed by atoms with E-state index in [1.807, 2.05) is 30.3 Å². The van der Waals surface area contributed by atoms with Gasteiger partial charge in [0.2, 0.25) is 0 Å². The molecule has 0 aromatic heterocycles. The molecular formula is C27H28O. The van der Waals surface area contributed by atoms with Crippen molar-refractivity contribution in [1.82, 2.24) is 0 Å². The molecule has 1 heteroatoms. The smallest absolute Gasteiger partial charge is 0.167 e. The zero-order valence-corrected chi connectivity index (χ0v) is 16.9. The molecule has 0 spiro atoms. The van der Waals surface area contributed by atoms with E-state index in [9.17, 15) is 4.79 Å². The predicted molar refractivity (Wildman–Crippen MR) is 117 cm³/mol. The van der Waals surface area contributed by atoms with Gasteiger partial charge in [0.05, 0.1) is 0 Å². The van der Waals surface area contributed by atoms with E-state index in [1.54, 1.807) is 0 Å². The highest BCUT2D eigenvalue weighted by atomic mass is 16.1. The first-order valence-electron chi connectivity index (χ1n) is 10.5. The highest BCUT2D eigenvalue weighted by Gasteiger charge is 2.43. The average Bonchev–Trinajstić information content (AvgIpc) is 3.00. The molecule has 1 aliphatic rings.